The molecule has 0 aliphatic rings. The number of hydrogen-bond acceptors (Lipinski definition) is 6. The highest BCUT2D eigenvalue weighted by Crippen LogP contribution is 2.17. The minimum atomic E-state index is -0.758. The smallest absolute Gasteiger partial charge is 0.306 e. The van der Waals surface area contributed by atoms with Crippen molar-refractivity contribution in [2.24, 2.45) is 5.92 Å². The van der Waals surface area contributed by atoms with Gasteiger partial charge < -0.3 is 14.2 Å². The molecule has 0 spiro atoms. The predicted molar refractivity (Wildman–Crippen MR) is 247 cm³/mol. The van der Waals surface area contributed by atoms with Crippen molar-refractivity contribution in [1.82, 2.24) is 0 Å². The van der Waals surface area contributed by atoms with Crippen LogP contribution in [0.25, 0.3) is 0 Å². The second kappa shape index (κ2) is 46.5. The Morgan fingerprint density at radius 1 is 0.328 bits per heavy atom. The molecule has 6 heteroatoms. The molecule has 1 atom stereocenters. The van der Waals surface area contributed by atoms with Gasteiger partial charge in [-0.3, -0.25) is 14.4 Å². The molecule has 0 saturated carbocycles. The van der Waals surface area contributed by atoms with Crippen molar-refractivity contribution in [1.29, 1.82) is 0 Å². The fraction of sp³-hybridized carbons (Fsp3) is 0.942. The molecular weight excluding hydrogens is 721 g/mol. The molecular formula is C52H100O6. The Hall–Kier alpha value is -1.59. The monoisotopic (exact) mass is 821 g/mol. The lowest BCUT2D eigenvalue weighted by Gasteiger charge is -2.18. The van der Waals surface area contributed by atoms with E-state index in [4.69, 9.17) is 14.2 Å². The van der Waals surface area contributed by atoms with Crippen LogP contribution in [-0.4, -0.2) is 37.2 Å². The normalized spacial score (nSPS) is 11.9. The molecule has 0 aliphatic carbocycles. The molecule has 0 heterocycles. The molecule has 0 bridgehead atoms. The molecule has 0 aromatic rings. The van der Waals surface area contributed by atoms with E-state index in [1.54, 1.807) is 0 Å². The fourth-order valence-electron chi connectivity index (χ4n) is 7.86. The lowest BCUT2D eigenvalue weighted by atomic mass is 10.0. The summed E-state index contributed by atoms with van der Waals surface area (Å²) >= 11 is 0. The largest absolute Gasteiger partial charge is 0.462 e. The zero-order valence-electron chi connectivity index (χ0n) is 39.5. The summed E-state index contributed by atoms with van der Waals surface area (Å²) in [4.78, 5) is 37.6. The maximum Gasteiger partial charge on any atom is 0.306 e. The minimum absolute atomic E-state index is 0.0643. The highest BCUT2D eigenvalue weighted by Gasteiger charge is 2.19. The van der Waals surface area contributed by atoms with Crippen molar-refractivity contribution in [2.75, 3.05) is 13.2 Å². The topological polar surface area (TPSA) is 78.9 Å². The standard InChI is InChI=1S/C52H100O6/c1-5-7-9-11-12-13-14-15-23-26-29-32-36-39-43-50(53)56-46-49(58-52(55)45-41-34-10-8-6-2)47-57-51(54)44-40-37-33-30-27-24-21-19-17-16-18-20-22-25-28-31-35-38-42-48(3)4/h48-49H,5-47H2,1-4H3/t49-/m1/s1. The summed E-state index contributed by atoms with van der Waals surface area (Å²) in [5.74, 6) is -0.00108. The van der Waals surface area contributed by atoms with Crippen molar-refractivity contribution in [3.05, 3.63) is 0 Å². The number of carbonyl (C=O) groups excluding carboxylic acids is 3. The Bertz CT molecular complexity index is 872. The van der Waals surface area contributed by atoms with Crippen LogP contribution < -0.4 is 0 Å². The maximum absolute atomic E-state index is 12.6. The van der Waals surface area contributed by atoms with Gasteiger partial charge in [-0.05, 0) is 25.2 Å². The number of rotatable bonds is 47. The van der Waals surface area contributed by atoms with Crippen molar-refractivity contribution < 1.29 is 28.6 Å². The van der Waals surface area contributed by atoms with Gasteiger partial charge in [-0.25, -0.2) is 0 Å². The number of carbonyl (C=O) groups is 3. The first kappa shape index (κ1) is 56.4. The Labute approximate surface area is 361 Å². The van der Waals surface area contributed by atoms with E-state index in [2.05, 4.69) is 27.7 Å². The summed E-state index contributed by atoms with van der Waals surface area (Å²) in [5.41, 5.74) is 0. The quantitative estimate of drug-likeness (QED) is 0.0346. The van der Waals surface area contributed by atoms with Crippen molar-refractivity contribution in [2.45, 2.75) is 297 Å². The van der Waals surface area contributed by atoms with E-state index >= 15 is 0 Å². The molecule has 0 radical (unpaired) electrons. The van der Waals surface area contributed by atoms with Gasteiger partial charge in [-0.1, -0.05) is 252 Å². The van der Waals surface area contributed by atoms with Gasteiger partial charge in [0.2, 0.25) is 0 Å². The highest BCUT2D eigenvalue weighted by atomic mass is 16.6. The highest BCUT2D eigenvalue weighted by molar-refractivity contribution is 5.71. The van der Waals surface area contributed by atoms with Crippen molar-refractivity contribution >= 4 is 17.9 Å². The van der Waals surface area contributed by atoms with E-state index in [1.807, 2.05) is 0 Å². The zero-order chi connectivity index (χ0) is 42.4. The summed E-state index contributed by atoms with van der Waals surface area (Å²) in [6.07, 6.45) is 48.4. The van der Waals surface area contributed by atoms with E-state index in [-0.39, 0.29) is 31.1 Å². The summed E-state index contributed by atoms with van der Waals surface area (Å²) in [5, 5.41) is 0. The van der Waals surface area contributed by atoms with Gasteiger partial charge in [0.15, 0.2) is 6.10 Å². The Morgan fingerprint density at radius 3 is 0.845 bits per heavy atom. The molecule has 0 saturated heterocycles. The van der Waals surface area contributed by atoms with Crippen LogP contribution in [0.2, 0.25) is 0 Å². The van der Waals surface area contributed by atoms with Crippen LogP contribution in [0.4, 0.5) is 0 Å². The first-order chi connectivity index (χ1) is 28.4. The summed E-state index contributed by atoms with van der Waals surface area (Å²) in [6.45, 7) is 8.97. The lowest BCUT2D eigenvalue weighted by Crippen LogP contribution is -2.30. The van der Waals surface area contributed by atoms with Gasteiger partial charge in [0.1, 0.15) is 13.2 Å². The first-order valence-corrected chi connectivity index (χ1v) is 25.9. The van der Waals surface area contributed by atoms with Crippen molar-refractivity contribution in [3.63, 3.8) is 0 Å². The zero-order valence-corrected chi connectivity index (χ0v) is 39.5. The molecule has 0 unspecified atom stereocenters. The van der Waals surface area contributed by atoms with E-state index < -0.39 is 6.10 Å². The first-order valence-electron chi connectivity index (χ1n) is 25.9. The predicted octanol–water partition coefficient (Wildman–Crippen LogP) is 16.7. The average molecular weight is 821 g/mol. The van der Waals surface area contributed by atoms with E-state index in [1.165, 1.54) is 180 Å². The molecule has 344 valence electrons. The maximum atomic E-state index is 12.6. The molecule has 6 nitrogen and oxygen atoms in total. The van der Waals surface area contributed by atoms with Gasteiger partial charge in [-0.2, -0.15) is 0 Å². The second-order valence-electron chi connectivity index (χ2n) is 18.3. The Morgan fingerprint density at radius 2 is 0.569 bits per heavy atom. The average Bonchev–Trinajstić information content (AvgIpc) is 3.21. The van der Waals surface area contributed by atoms with Gasteiger partial charge in [0.25, 0.3) is 0 Å². The number of esters is 3. The minimum Gasteiger partial charge on any atom is -0.462 e. The van der Waals surface area contributed by atoms with Gasteiger partial charge in [0.05, 0.1) is 0 Å². The van der Waals surface area contributed by atoms with E-state index in [9.17, 15) is 14.4 Å². The number of ether oxygens (including phenoxy) is 3. The van der Waals surface area contributed by atoms with E-state index in [0.717, 1.165) is 70.1 Å². The number of unbranched alkanes of at least 4 members (excludes halogenated alkanes) is 34. The van der Waals surface area contributed by atoms with Gasteiger partial charge >= 0.3 is 17.9 Å². The van der Waals surface area contributed by atoms with Crippen LogP contribution in [0.3, 0.4) is 0 Å². The molecule has 0 fully saturated rings. The molecule has 0 amide bonds. The summed E-state index contributed by atoms with van der Waals surface area (Å²) in [6, 6.07) is 0. The second-order valence-corrected chi connectivity index (χ2v) is 18.3. The van der Waals surface area contributed by atoms with E-state index in [0.29, 0.717) is 19.3 Å². The molecule has 0 aliphatic heterocycles. The summed E-state index contributed by atoms with van der Waals surface area (Å²) in [7, 11) is 0. The molecule has 0 aromatic carbocycles. The van der Waals surface area contributed by atoms with Crippen LogP contribution in [0.15, 0.2) is 0 Å². The van der Waals surface area contributed by atoms with Crippen LogP contribution >= 0.6 is 0 Å². The molecule has 0 aromatic heterocycles. The van der Waals surface area contributed by atoms with Crippen LogP contribution in [0, 0.1) is 5.92 Å². The molecule has 58 heavy (non-hydrogen) atoms. The van der Waals surface area contributed by atoms with Crippen molar-refractivity contribution in [3.8, 4) is 0 Å². The van der Waals surface area contributed by atoms with Gasteiger partial charge in [-0.15, -0.1) is 0 Å². The number of hydrogen-bond donors (Lipinski definition) is 0. The Kier molecular flexibility index (Phi) is 45.2. The fourth-order valence-corrected chi connectivity index (χ4v) is 7.86. The SMILES string of the molecule is CCCCCCCCCCCCCCCCC(=O)OC[C@H](COC(=O)CCCCCCCCCCCCCCCCCCCCC(C)C)OC(=O)CCCCCCC. The van der Waals surface area contributed by atoms with Gasteiger partial charge in [0, 0.05) is 19.3 Å². The third kappa shape index (κ3) is 45.5. The van der Waals surface area contributed by atoms with Crippen LogP contribution in [-0.2, 0) is 28.6 Å². The molecule has 0 rings (SSSR count). The lowest BCUT2D eigenvalue weighted by molar-refractivity contribution is -0.167. The van der Waals surface area contributed by atoms with Crippen LogP contribution in [0.1, 0.15) is 291 Å². The molecule has 0 N–H and O–H groups in total. The van der Waals surface area contributed by atoms with Crippen LogP contribution in [0.5, 0.6) is 0 Å². The Balaban J connectivity index is 4.01. The third-order valence-corrected chi connectivity index (χ3v) is 11.8. The summed E-state index contributed by atoms with van der Waals surface area (Å²) < 4.78 is 16.7. The third-order valence-electron chi connectivity index (χ3n) is 11.8.